The Morgan fingerprint density at radius 1 is 1.15 bits per heavy atom. The summed E-state index contributed by atoms with van der Waals surface area (Å²) >= 11 is 0. The van der Waals surface area contributed by atoms with Crippen LogP contribution in [0.15, 0.2) is 30.3 Å². The summed E-state index contributed by atoms with van der Waals surface area (Å²) in [4.78, 5) is 23.5. The van der Waals surface area contributed by atoms with Crippen LogP contribution in [0.5, 0.6) is 5.75 Å². The van der Waals surface area contributed by atoms with E-state index in [1.807, 2.05) is 18.2 Å². The van der Waals surface area contributed by atoms with Crippen LogP contribution in [0.1, 0.15) is 26.7 Å². The van der Waals surface area contributed by atoms with E-state index in [1.165, 1.54) is 0 Å². The van der Waals surface area contributed by atoms with E-state index < -0.39 is 18.2 Å². The third-order valence-electron chi connectivity index (χ3n) is 2.97. The summed E-state index contributed by atoms with van der Waals surface area (Å²) in [5, 5.41) is 2.79. The summed E-state index contributed by atoms with van der Waals surface area (Å²) in [5.74, 6) is -0.216. The summed E-state index contributed by atoms with van der Waals surface area (Å²) in [6, 6.07) is 9.26. The Morgan fingerprint density at radius 3 is 2.40 bits per heavy atom. The molecule has 0 bridgehead atoms. The largest absolute Gasteiger partial charge is 0.479 e. The van der Waals surface area contributed by atoms with Crippen LogP contribution in [-0.4, -0.2) is 30.1 Å². The van der Waals surface area contributed by atoms with Crippen molar-refractivity contribution in [1.29, 1.82) is 0 Å². The van der Waals surface area contributed by atoms with Gasteiger partial charge in [-0.3, -0.25) is 4.79 Å². The van der Waals surface area contributed by atoms with E-state index in [-0.39, 0.29) is 11.9 Å². The Labute approximate surface area is 118 Å². The monoisotopic (exact) mass is 277 g/mol. The number of hydrogen-bond donors (Lipinski definition) is 1. The maximum Gasteiger partial charge on any atom is 0.347 e. The lowest BCUT2D eigenvalue weighted by molar-refractivity contribution is -0.160. The smallest absolute Gasteiger partial charge is 0.347 e. The van der Waals surface area contributed by atoms with Crippen LogP contribution >= 0.6 is 0 Å². The van der Waals surface area contributed by atoms with Crippen molar-refractivity contribution in [3.8, 4) is 5.75 Å². The van der Waals surface area contributed by atoms with Gasteiger partial charge in [-0.15, -0.1) is 0 Å². The zero-order valence-electron chi connectivity index (χ0n) is 11.7. The Bertz CT molecular complexity index is 470. The summed E-state index contributed by atoms with van der Waals surface area (Å²) in [6.07, 6.45) is 0.443. The van der Waals surface area contributed by atoms with Crippen LogP contribution in [0.4, 0.5) is 0 Å². The first kappa shape index (κ1) is 14.4. The van der Waals surface area contributed by atoms with E-state index in [4.69, 9.17) is 9.47 Å². The average Bonchev–Trinajstić information content (AvgIpc) is 3.23. The maximum absolute atomic E-state index is 11.8. The molecule has 1 N–H and O–H groups in total. The van der Waals surface area contributed by atoms with Crippen LogP contribution in [0, 0.1) is 0 Å². The Kier molecular flexibility index (Phi) is 4.61. The minimum atomic E-state index is -0.801. The van der Waals surface area contributed by atoms with Gasteiger partial charge in [0.15, 0.2) is 12.2 Å². The molecule has 20 heavy (non-hydrogen) atoms. The molecule has 0 spiro atoms. The van der Waals surface area contributed by atoms with Crippen molar-refractivity contribution in [2.24, 2.45) is 0 Å². The Hall–Kier alpha value is -2.04. The van der Waals surface area contributed by atoms with Crippen molar-refractivity contribution >= 4 is 11.9 Å². The van der Waals surface area contributed by atoms with Crippen LogP contribution in [0.25, 0.3) is 0 Å². The quantitative estimate of drug-likeness (QED) is 0.803. The third-order valence-corrected chi connectivity index (χ3v) is 2.97. The molecule has 1 aromatic rings. The zero-order chi connectivity index (χ0) is 14.5. The molecule has 5 nitrogen and oxygen atoms in total. The van der Waals surface area contributed by atoms with Crippen molar-refractivity contribution in [3.63, 3.8) is 0 Å². The fourth-order valence-electron chi connectivity index (χ4n) is 1.62. The lowest BCUT2D eigenvalue weighted by Gasteiger charge is -2.17. The molecule has 1 saturated carbocycles. The SMILES string of the molecule is C[C@H](OC(=O)[C@@H](C)Oc1ccccc1)C(=O)NC1CC1. The molecular formula is C15H19NO4. The van der Waals surface area contributed by atoms with Crippen molar-refractivity contribution in [2.45, 2.75) is 44.9 Å². The van der Waals surface area contributed by atoms with E-state index in [0.29, 0.717) is 5.75 Å². The average molecular weight is 277 g/mol. The molecule has 2 rings (SSSR count). The molecule has 108 valence electrons. The molecule has 0 radical (unpaired) electrons. The van der Waals surface area contributed by atoms with Gasteiger partial charge in [-0.25, -0.2) is 4.79 Å². The first-order valence-electron chi connectivity index (χ1n) is 6.79. The number of nitrogens with one attached hydrogen (secondary N) is 1. The van der Waals surface area contributed by atoms with Crippen LogP contribution in [0.2, 0.25) is 0 Å². The fraction of sp³-hybridized carbons (Fsp3) is 0.467. The van der Waals surface area contributed by atoms with Gasteiger partial charge in [-0.05, 0) is 38.8 Å². The number of rotatable bonds is 6. The number of ether oxygens (including phenoxy) is 2. The van der Waals surface area contributed by atoms with Crippen molar-refractivity contribution in [3.05, 3.63) is 30.3 Å². The summed E-state index contributed by atoms with van der Waals surface area (Å²) < 4.78 is 10.5. The molecule has 0 unspecified atom stereocenters. The van der Waals surface area contributed by atoms with Gasteiger partial charge in [0.2, 0.25) is 0 Å². The molecule has 0 aromatic heterocycles. The molecule has 1 aromatic carbocycles. The standard InChI is InChI=1S/C15H19NO4/c1-10(14(17)16-12-8-9-12)20-15(18)11(2)19-13-6-4-3-5-7-13/h3-7,10-12H,8-9H2,1-2H3,(H,16,17)/t10-,11+/m0/s1. The van der Waals surface area contributed by atoms with E-state index in [1.54, 1.807) is 26.0 Å². The van der Waals surface area contributed by atoms with Gasteiger partial charge in [0.1, 0.15) is 5.75 Å². The van der Waals surface area contributed by atoms with Gasteiger partial charge in [-0.2, -0.15) is 0 Å². The topological polar surface area (TPSA) is 64.6 Å². The molecule has 1 aliphatic rings. The number of esters is 1. The van der Waals surface area contributed by atoms with E-state index >= 15 is 0 Å². The molecule has 0 saturated heterocycles. The second-order valence-electron chi connectivity index (χ2n) is 4.94. The van der Waals surface area contributed by atoms with E-state index in [0.717, 1.165) is 12.8 Å². The highest BCUT2D eigenvalue weighted by molar-refractivity contribution is 5.84. The van der Waals surface area contributed by atoms with Gasteiger partial charge in [-0.1, -0.05) is 18.2 Å². The predicted molar refractivity (Wildman–Crippen MR) is 73.3 cm³/mol. The Balaban J connectivity index is 1.79. The molecule has 2 atom stereocenters. The lowest BCUT2D eigenvalue weighted by atomic mass is 10.3. The highest BCUT2D eigenvalue weighted by Gasteiger charge is 2.28. The predicted octanol–water partition coefficient (Wildman–Crippen LogP) is 1.66. The molecular weight excluding hydrogens is 258 g/mol. The number of hydrogen-bond acceptors (Lipinski definition) is 4. The second kappa shape index (κ2) is 6.41. The highest BCUT2D eigenvalue weighted by Crippen LogP contribution is 2.19. The minimum Gasteiger partial charge on any atom is -0.479 e. The first-order valence-corrected chi connectivity index (χ1v) is 6.79. The molecule has 1 fully saturated rings. The van der Waals surface area contributed by atoms with Crippen molar-refractivity contribution in [1.82, 2.24) is 5.32 Å². The number of carbonyl (C=O) groups excluding carboxylic acids is 2. The molecule has 1 amide bonds. The first-order chi connectivity index (χ1) is 9.56. The minimum absolute atomic E-state index is 0.252. The van der Waals surface area contributed by atoms with Crippen molar-refractivity contribution in [2.75, 3.05) is 0 Å². The van der Waals surface area contributed by atoms with Crippen molar-refractivity contribution < 1.29 is 19.1 Å². The maximum atomic E-state index is 11.8. The fourth-order valence-corrected chi connectivity index (χ4v) is 1.62. The van der Waals surface area contributed by atoms with Gasteiger partial charge in [0.25, 0.3) is 5.91 Å². The molecule has 1 aliphatic carbocycles. The number of benzene rings is 1. The summed E-state index contributed by atoms with van der Waals surface area (Å²) in [6.45, 7) is 3.16. The number of carbonyl (C=O) groups is 2. The van der Waals surface area contributed by atoms with E-state index in [2.05, 4.69) is 5.32 Å². The Morgan fingerprint density at radius 2 is 1.80 bits per heavy atom. The van der Waals surface area contributed by atoms with Gasteiger partial charge in [0, 0.05) is 6.04 Å². The summed E-state index contributed by atoms with van der Waals surface area (Å²) in [7, 11) is 0. The number of amides is 1. The third kappa shape index (κ3) is 4.26. The highest BCUT2D eigenvalue weighted by atomic mass is 16.6. The zero-order valence-corrected chi connectivity index (χ0v) is 11.7. The normalized spacial score (nSPS) is 16.9. The molecule has 0 aliphatic heterocycles. The van der Waals surface area contributed by atoms with Crippen LogP contribution < -0.4 is 10.1 Å². The van der Waals surface area contributed by atoms with E-state index in [9.17, 15) is 9.59 Å². The molecule has 5 heteroatoms. The second-order valence-corrected chi connectivity index (χ2v) is 4.94. The summed E-state index contributed by atoms with van der Waals surface area (Å²) in [5.41, 5.74) is 0. The van der Waals surface area contributed by atoms with Crippen LogP contribution in [0.3, 0.4) is 0 Å². The number of para-hydroxylation sites is 1. The lowest BCUT2D eigenvalue weighted by Crippen LogP contribution is -2.39. The molecule has 0 heterocycles. The van der Waals surface area contributed by atoms with Gasteiger partial charge < -0.3 is 14.8 Å². The van der Waals surface area contributed by atoms with Crippen LogP contribution in [-0.2, 0) is 14.3 Å². The van der Waals surface area contributed by atoms with Gasteiger partial charge >= 0.3 is 5.97 Å². The van der Waals surface area contributed by atoms with Gasteiger partial charge in [0.05, 0.1) is 0 Å².